The van der Waals surface area contributed by atoms with E-state index in [0.29, 0.717) is 22.3 Å². The molecule has 4 aromatic rings. The molecule has 1 saturated heterocycles. The van der Waals surface area contributed by atoms with Gasteiger partial charge in [-0.25, -0.2) is 19.9 Å². The van der Waals surface area contributed by atoms with Crippen molar-refractivity contribution in [1.82, 2.24) is 30.2 Å². The van der Waals surface area contributed by atoms with Gasteiger partial charge in [-0.05, 0) is 31.5 Å². The molecule has 1 aliphatic rings. The van der Waals surface area contributed by atoms with Gasteiger partial charge in [0.1, 0.15) is 21.9 Å². The van der Waals surface area contributed by atoms with Crippen LogP contribution in [0.25, 0.3) is 33.0 Å². The SMILES string of the molecule is FC(F)(F)c1cnc(N[C@H]2CCCNC2)nc1-c1c[nH]c2nc(-c3nccs3)ccc12. The van der Waals surface area contributed by atoms with Gasteiger partial charge in [0.15, 0.2) is 0 Å². The Morgan fingerprint density at radius 2 is 2.06 bits per heavy atom. The maximum atomic E-state index is 13.7. The Kier molecular flexibility index (Phi) is 5.06. The number of aromatic nitrogens is 5. The second-order valence-corrected chi connectivity index (χ2v) is 8.17. The fraction of sp³-hybridized carbons (Fsp3) is 0.300. The van der Waals surface area contributed by atoms with Crippen LogP contribution in [0, 0.1) is 0 Å². The van der Waals surface area contributed by atoms with E-state index in [9.17, 15) is 13.2 Å². The van der Waals surface area contributed by atoms with E-state index in [-0.39, 0.29) is 17.7 Å². The maximum absolute atomic E-state index is 13.7. The Hall–Kier alpha value is -3.05. The molecule has 0 unspecified atom stereocenters. The number of aromatic amines is 1. The lowest BCUT2D eigenvalue weighted by Gasteiger charge is -2.24. The number of nitrogens with zero attached hydrogens (tertiary/aromatic N) is 4. The quantitative estimate of drug-likeness (QED) is 0.433. The molecule has 11 heteroatoms. The highest BCUT2D eigenvalue weighted by molar-refractivity contribution is 7.13. The first-order valence-corrected chi connectivity index (χ1v) is 10.7. The molecule has 0 bridgehead atoms. The molecule has 0 radical (unpaired) electrons. The molecule has 0 aromatic carbocycles. The summed E-state index contributed by atoms with van der Waals surface area (Å²) in [5.74, 6) is 0.179. The van der Waals surface area contributed by atoms with E-state index in [4.69, 9.17) is 0 Å². The lowest BCUT2D eigenvalue weighted by Crippen LogP contribution is -2.38. The minimum atomic E-state index is -4.59. The normalized spacial score (nSPS) is 17.2. The third-order valence-electron chi connectivity index (χ3n) is 5.17. The molecule has 0 saturated carbocycles. The molecular formula is C20H18F3N7S. The standard InChI is InChI=1S/C20H18F3N7S/c21-20(22,23)14-10-27-19(28-11-2-1-5-24-8-11)30-16(14)13-9-26-17-12(13)3-4-15(29-17)18-25-6-7-31-18/h3-4,6-7,9-11,24H,1-2,5,8H2,(H,26,29)(H,27,28,30)/t11-/m0/s1. The van der Waals surface area contributed by atoms with E-state index in [1.54, 1.807) is 18.3 Å². The van der Waals surface area contributed by atoms with Crippen LogP contribution in [0.4, 0.5) is 19.1 Å². The van der Waals surface area contributed by atoms with Crippen LogP contribution in [0.5, 0.6) is 0 Å². The second kappa shape index (κ2) is 7.89. The van der Waals surface area contributed by atoms with Crippen molar-refractivity contribution in [1.29, 1.82) is 0 Å². The predicted molar refractivity (Wildman–Crippen MR) is 113 cm³/mol. The summed E-state index contributed by atoms with van der Waals surface area (Å²) in [7, 11) is 0. The predicted octanol–water partition coefficient (Wildman–Crippen LogP) is 4.33. The summed E-state index contributed by atoms with van der Waals surface area (Å²) in [6.45, 7) is 1.65. The highest BCUT2D eigenvalue weighted by atomic mass is 32.1. The molecule has 160 valence electrons. The van der Waals surface area contributed by atoms with Gasteiger partial charge in [-0.2, -0.15) is 13.2 Å². The molecule has 0 aliphatic carbocycles. The van der Waals surface area contributed by atoms with Crippen LogP contribution in [0.15, 0.2) is 36.1 Å². The summed E-state index contributed by atoms with van der Waals surface area (Å²) in [5, 5.41) is 9.54. The Bertz CT molecular complexity index is 1200. The van der Waals surface area contributed by atoms with Crippen LogP contribution in [0.3, 0.4) is 0 Å². The average molecular weight is 445 g/mol. The number of alkyl halides is 3. The van der Waals surface area contributed by atoms with Crippen molar-refractivity contribution in [2.24, 2.45) is 0 Å². The van der Waals surface area contributed by atoms with Gasteiger partial charge in [0.2, 0.25) is 5.95 Å². The van der Waals surface area contributed by atoms with Crippen molar-refractivity contribution >= 4 is 28.3 Å². The van der Waals surface area contributed by atoms with Gasteiger partial charge in [-0.1, -0.05) is 0 Å². The van der Waals surface area contributed by atoms with E-state index >= 15 is 0 Å². The zero-order chi connectivity index (χ0) is 21.4. The first-order valence-electron chi connectivity index (χ1n) is 9.79. The van der Waals surface area contributed by atoms with Crippen molar-refractivity contribution in [3.8, 4) is 22.0 Å². The van der Waals surface area contributed by atoms with E-state index in [1.807, 2.05) is 5.38 Å². The average Bonchev–Trinajstić information content (AvgIpc) is 3.43. The molecule has 1 fully saturated rings. The van der Waals surface area contributed by atoms with E-state index in [0.717, 1.165) is 37.1 Å². The number of H-pyrrole nitrogens is 1. The van der Waals surface area contributed by atoms with Crippen molar-refractivity contribution in [3.05, 3.63) is 41.7 Å². The topological polar surface area (TPSA) is 91.4 Å². The van der Waals surface area contributed by atoms with Gasteiger partial charge >= 0.3 is 6.18 Å². The summed E-state index contributed by atoms with van der Waals surface area (Å²) in [6.07, 6.45) is 1.34. The molecule has 1 aliphatic heterocycles. The van der Waals surface area contributed by atoms with Gasteiger partial charge in [-0.3, -0.25) is 0 Å². The van der Waals surface area contributed by atoms with Crippen LogP contribution >= 0.6 is 11.3 Å². The van der Waals surface area contributed by atoms with Gasteiger partial charge in [0.25, 0.3) is 0 Å². The number of hydrogen-bond donors (Lipinski definition) is 3. The number of fused-ring (bicyclic) bond motifs is 1. The zero-order valence-corrected chi connectivity index (χ0v) is 17.0. The number of halogens is 3. The van der Waals surface area contributed by atoms with Crippen molar-refractivity contribution in [3.63, 3.8) is 0 Å². The van der Waals surface area contributed by atoms with E-state index < -0.39 is 11.7 Å². The summed E-state index contributed by atoms with van der Waals surface area (Å²) >= 11 is 1.44. The summed E-state index contributed by atoms with van der Waals surface area (Å²) in [5.41, 5.74) is 0.392. The molecule has 5 rings (SSSR count). The molecule has 0 amide bonds. The summed E-state index contributed by atoms with van der Waals surface area (Å²) in [4.78, 5) is 19.9. The van der Waals surface area contributed by atoms with Crippen molar-refractivity contribution in [2.45, 2.75) is 25.1 Å². The number of hydrogen-bond acceptors (Lipinski definition) is 7. The van der Waals surface area contributed by atoms with Crippen LogP contribution in [0.1, 0.15) is 18.4 Å². The minimum absolute atomic E-state index is 0.0730. The fourth-order valence-corrected chi connectivity index (χ4v) is 4.30. The van der Waals surface area contributed by atoms with Gasteiger partial charge in [0, 0.05) is 47.5 Å². The van der Waals surface area contributed by atoms with E-state index in [2.05, 4.69) is 35.6 Å². The number of rotatable bonds is 4. The number of anilines is 1. The number of pyridine rings is 1. The second-order valence-electron chi connectivity index (χ2n) is 7.27. The lowest BCUT2D eigenvalue weighted by atomic mass is 10.1. The van der Waals surface area contributed by atoms with Gasteiger partial charge in [0.05, 0.1) is 5.69 Å². The molecule has 31 heavy (non-hydrogen) atoms. The Labute approximate surface area is 179 Å². The number of nitrogens with one attached hydrogen (secondary N) is 3. The van der Waals surface area contributed by atoms with Gasteiger partial charge < -0.3 is 15.6 Å². The highest BCUT2D eigenvalue weighted by Crippen LogP contribution is 2.39. The third kappa shape index (κ3) is 3.98. The molecule has 0 spiro atoms. The van der Waals surface area contributed by atoms with Crippen LogP contribution < -0.4 is 10.6 Å². The number of piperidine rings is 1. The van der Waals surface area contributed by atoms with Crippen LogP contribution in [0.2, 0.25) is 0 Å². The Balaban J connectivity index is 1.57. The molecular weight excluding hydrogens is 427 g/mol. The zero-order valence-electron chi connectivity index (χ0n) is 16.2. The lowest BCUT2D eigenvalue weighted by molar-refractivity contribution is -0.137. The third-order valence-corrected chi connectivity index (χ3v) is 5.97. The molecule has 4 aromatic heterocycles. The molecule has 5 heterocycles. The first-order chi connectivity index (χ1) is 15.0. The van der Waals surface area contributed by atoms with Crippen molar-refractivity contribution < 1.29 is 13.2 Å². The van der Waals surface area contributed by atoms with Crippen LogP contribution in [-0.4, -0.2) is 44.1 Å². The molecule has 1 atom stereocenters. The first kappa shape index (κ1) is 19.9. The monoisotopic (exact) mass is 445 g/mol. The smallest absolute Gasteiger partial charge is 0.350 e. The molecule has 3 N–H and O–H groups in total. The maximum Gasteiger partial charge on any atom is 0.419 e. The Morgan fingerprint density at radius 1 is 1.16 bits per heavy atom. The summed E-state index contributed by atoms with van der Waals surface area (Å²) < 4.78 is 41.2. The minimum Gasteiger partial charge on any atom is -0.350 e. The largest absolute Gasteiger partial charge is 0.419 e. The Morgan fingerprint density at radius 3 is 2.81 bits per heavy atom. The highest BCUT2D eigenvalue weighted by Gasteiger charge is 2.36. The number of thiazole rings is 1. The van der Waals surface area contributed by atoms with E-state index in [1.165, 1.54) is 17.5 Å². The van der Waals surface area contributed by atoms with Gasteiger partial charge in [-0.15, -0.1) is 11.3 Å². The van der Waals surface area contributed by atoms with Crippen molar-refractivity contribution in [2.75, 3.05) is 18.4 Å². The van der Waals surface area contributed by atoms with Crippen LogP contribution in [-0.2, 0) is 6.18 Å². The summed E-state index contributed by atoms with van der Waals surface area (Å²) in [6, 6.07) is 3.56. The molecule has 7 nitrogen and oxygen atoms in total. The fourth-order valence-electron chi connectivity index (χ4n) is 3.69.